The molecular formula is C10H10BrN2O3. The first-order chi connectivity index (χ1) is 7.56. The van der Waals surface area contributed by atoms with Gasteiger partial charge in [0.15, 0.2) is 5.92 Å². The van der Waals surface area contributed by atoms with Gasteiger partial charge in [0.1, 0.15) is 0 Å². The molecule has 0 aliphatic heterocycles. The zero-order chi connectivity index (χ0) is 12.1. The summed E-state index contributed by atoms with van der Waals surface area (Å²) < 4.78 is 0.763. The molecule has 1 rings (SSSR count). The van der Waals surface area contributed by atoms with Crippen LogP contribution in [0.2, 0.25) is 0 Å². The highest BCUT2D eigenvalue weighted by molar-refractivity contribution is 9.10. The molecule has 6 heteroatoms. The number of rotatable bonds is 4. The van der Waals surface area contributed by atoms with Crippen LogP contribution in [-0.2, 0) is 16.0 Å². The molecule has 0 unspecified atom stereocenters. The summed E-state index contributed by atoms with van der Waals surface area (Å²) in [5.41, 5.74) is 7.18. The number of hydroxylamine groups is 1. The van der Waals surface area contributed by atoms with Gasteiger partial charge >= 0.3 is 0 Å². The number of primary amides is 1. The minimum absolute atomic E-state index is 0.0587. The van der Waals surface area contributed by atoms with Crippen molar-refractivity contribution >= 4 is 27.7 Å². The summed E-state index contributed by atoms with van der Waals surface area (Å²) in [5, 5.41) is 8.46. The second kappa shape index (κ2) is 5.62. The molecular weight excluding hydrogens is 276 g/mol. The molecule has 16 heavy (non-hydrogen) atoms. The molecule has 0 saturated heterocycles. The van der Waals surface area contributed by atoms with Crippen molar-refractivity contribution in [3.05, 3.63) is 40.2 Å². The van der Waals surface area contributed by atoms with Gasteiger partial charge in [-0.3, -0.25) is 14.8 Å². The topological polar surface area (TPSA) is 92.4 Å². The van der Waals surface area contributed by atoms with Crippen molar-refractivity contribution in [2.75, 3.05) is 0 Å². The van der Waals surface area contributed by atoms with Crippen LogP contribution in [-0.4, -0.2) is 17.0 Å². The van der Waals surface area contributed by atoms with E-state index in [0.29, 0.717) is 0 Å². The van der Waals surface area contributed by atoms with Gasteiger partial charge in [-0.1, -0.05) is 34.1 Å². The maximum atomic E-state index is 11.2. The zero-order valence-corrected chi connectivity index (χ0v) is 9.82. The molecule has 2 amide bonds. The van der Waals surface area contributed by atoms with Crippen molar-refractivity contribution in [1.29, 1.82) is 0 Å². The molecule has 0 bridgehead atoms. The van der Waals surface area contributed by atoms with E-state index in [0.717, 1.165) is 10.0 Å². The van der Waals surface area contributed by atoms with Crippen LogP contribution in [0.3, 0.4) is 0 Å². The number of amides is 2. The van der Waals surface area contributed by atoms with Crippen molar-refractivity contribution in [1.82, 2.24) is 5.48 Å². The first-order valence-electron chi connectivity index (χ1n) is 4.39. The van der Waals surface area contributed by atoms with Gasteiger partial charge in [-0.05, 0) is 18.1 Å². The molecule has 4 N–H and O–H groups in total. The van der Waals surface area contributed by atoms with Crippen molar-refractivity contribution in [2.24, 2.45) is 5.73 Å². The predicted molar refractivity (Wildman–Crippen MR) is 60.2 cm³/mol. The number of nitrogens with two attached hydrogens (primary N) is 1. The Morgan fingerprint density at radius 3 is 2.50 bits per heavy atom. The molecule has 0 aliphatic rings. The molecule has 5 nitrogen and oxygen atoms in total. The Hall–Kier alpha value is -1.40. The molecule has 0 spiro atoms. The average Bonchev–Trinajstić information content (AvgIpc) is 2.26. The molecule has 0 heterocycles. The Labute approximate surface area is 101 Å². The fourth-order valence-corrected chi connectivity index (χ4v) is 1.60. The molecule has 0 saturated carbocycles. The summed E-state index contributed by atoms with van der Waals surface area (Å²) in [7, 11) is 0. The third-order valence-electron chi connectivity index (χ3n) is 2.00. The van der Waals surface area contributed by atoms with E-state index >= 15 is 0 Å². The van der Waals surface area contributed by atoms with Crippen LogP contribution >= 0.6 is 15.9 Å². The fourth-order valence-electron chi connectivity index (χ4n) is 1.18. The van der Waals surface area contributed by atoms with Gasteiger partial charge in [0.05, 0.1) is 0 Å². The lowest BCUT2D eigenvalue weighted by Gasteiger charge is -2.11. The second-order valence-corrected chi connectivity index (χ2v) is 3.91. The van der Waals surface area contributed by atoms with Gasteiger partial charge in [0, 0.05) is 4.47 Å². The zero-order valence-electron chi connectivity index (χ0n) is 8.24. The van der Waals surface area contributed by atoms with Crippen LogP contribution in [0.15, 0.2) is 28.7 Å². The number of carbonyl (C=O) groups excluding carboxylic acids is 2. The van der Waals surface area contributed by atoms with Crippen molar-refractivity contribution < 1.29 is 14.8 Å². The molecule has 0 aliphatic carbocycles. The molecule has 0 atom stereocenters. The standard InChI is InChI=1S/C10H10BrN2O3/c11-8-4-2-1-3-6(8)5-7(9(12)14)10(15)13-16/h1-4,16H,5H2,(H2,12,14)(H,13,15). The normalized spacial score (nSPS) is 10.2. The maximum Gasteiger partial charge on any atom is 0.261 e. The summed E-state index contributed by atoms with van der Waals surface area (Å²) in [4.78, 5) is 22.2. The van der Waals surface area contributed by atoms with Crippen LogP contribution < -0.4 is 11.2 Å². The Balaban J connectivity index is 2.88. The van der Waals surface area contributed by atoms with Crippen LogP contribution in [0.25, 0.3) is 0 Å². The number of hydrogen-bond donors (Lipinski definition) is 3. The lowest BCUT2D eigenvalue weighted by molar-refractivity contribution is -0.131. The van der Waals surface area contributed by atoms with Crippen LogP contribution in [0.1, 0.15) is 5.56 Å². The third-order valence-corrected chi connectivity index (χ3v) is 2.77. The first-order valence-corrected chi connectivity index (χ1v) is 5.19. The van der Waals surface area contributed by atoms with E-state index in [1.807, 2.05) is 6.07 Å². The van der Waals surface area contributed by atoms with Gasteiger partial charge in [-0.25, -0.2) is 5.48 Å². The number of hydrogen-bond acceptors (Lipinski definition) is 3. The van der Waals surface area contributed by atoms with E-state index in [-0.39, 0.29) is 12.3 Å². The van der Waals surface area contributed by atoms with Gasteiger partial charge in [0.25, 0.3) is 5.91 Å². The quantitative estimate of drug-likeness (QED) is 0.429. The van der Waals surface area contributed by atoms with E-state index in [9.17, 15) is 9.59 Å². The number of carbonyl (C=O) groups is 2. The van der Waals surface area contributed by atoms with E-state index in [4.69, 9.17) is 10.9 Å². The van der Waals surface area contributed by atoms with Crippen molar-refractivity contribution in [2.45, 2.75) is 6.42 Å². The third kappa shape index (κ3) is 3.04. The fraction of sp³-hybridized carbons (Fsp3) is 0.100. The van der Waals surface area contributed by atoms with E-state index in [1.54, 1.807) is 18.2 Å². The van der Waals surface area contributed by atoms with Crippen LogP contribution in [0.5, 0.6) is 0 Å². The Kier molecular flexibility index (Phi) is 4.45. The van der Waals surface area contributed by atoms with Gasteiger partial charge in [-0.2, -0.15) is 0 Å². The Bertz CT molecular complexity index is 409. The first kappa shape index (κ1) is 12.7. The summed E-state index contributed by atoms with van der Waals surface area (Å²) >= 11 is 3.29. The lowest BCUT2D eigenvalue weighted by atomic mass is 9.98. The minimum Gasteiger partial charge on any atom is -0.369 e. The van der Waals surface area contributed by atoms with Crippen LogP contribution in [0, 0.1) is 5.92 Å². The minimum atomic E-state index is -0.886. The maximum absolute atomic E-state index is 11.2. The van der Waals surface area contributed by atoms with E-state index in [2.05, 4.69) is 15.9 Å². The largest absolute Gasteiger partial charge is 0.369 e. The van der Waals surface area contributed by atoms with Gasteiger partial charge in [-0.15, -0.1) is 0 Å². The molecule has 1 radical (unpaired) electrons. The van der Waals surface area contributed by atoms with E-state index in [1.165, 1.54) is 5.48 Å². The van der Waals surface area contributed by atoms with Gasteiger partial charge in [0.2, 0.25) is 5.91 Å². The molecule has 1 aromatic carbocycles. The Morgan fingerprint density at radius 2 is 2.00 bits per heavy atom. The Morgan fingerprint density at radius 1 is 1.38 bits per heavy atom. The molecule has 1 aromatic rings. The van der Waals surface area contributed by atoms with Crippen LogP contribution in [0.4, 0.5) is 0 Å². The molecule has 85 valence electrons. The second-order valence-electron chi connectivity index (χ2n) is 3.05. The average molecular weight is 286 g/mol. The number of halogens is 1. The van der Waals surface area contributed by atoms with Gasteiger partial charge < -0.3 is 5.73 Å². The highest BCUT2D eigenvalue weighted by Crippen LogP contribution is 2.20. The smallest absolute Gasteiger partial charge is 0.261 e. The summed E-state index contributed by atoms with van der Waals surface area (Å²) in [5.74, 6) is -1.94. The summed E-state index contributed by atoms with van der Waals surface area (Å²) in [6, 6.07) is 7.11. The number of benzene rings is 1. The van der Waals surface area contributed by atoms with Crippen molar-refractivity contribution in [3.8, 4) is 0 Å². The number of nitrogens with one attached hydrogen (secondary N) is 1. The van der Waals surface area contributed by atoms with E-state index < -0.39 is 11.8 Å². The highest BCUT2D eigenvalue weighted by Gasteiger charge is 2.26. The molecule has 0 aromatic heterocycles. The summed E-state index contributed by atoms with van der Waals surface area (Å²) in [6.45, 7) is 0. The monoisotopic (exact) mass is 285 g/mol. The lowest BCUT2D eigenvalue weighted by Crippen LogP contribution is -2.36. The molecule has 0 fully saturated rings. The van der Waals surface area contributed by atoms with Crippen molar-refractivity contribution in [3.63, 3.8) is 0 Å². The highest BCUT2D eigenvalue weighted by atomic mass is 79.9. The summed E-state index contributed by atoms with van der Waals surface area (Å²) in [6.07, 6.45) is 0.0587. The SMILES string of the molecule is NC(=O)[C](Cc1ccccc1Br)C(=O)NO. The predicted octanol–water partition coefficient (Wildman–Crippen LogP) is 0.557.